The third-order valence-corrected chi connectivity index (χ3v) is 3.15. The van der Waals surface area contributed by atoms with E-state index >= 15 is 0 Å². The topological polar surface area (TPSA) is 92.5 Å². The summed E-state index contributed by atoms with van der Waals surface area (Å²) in [5, 5.41) is 5.80. The van der Waals surface area contributed by atoms with Gasteiger partial charge in [0.15, 0.2) is 0 Å². The number of nitrogens with zero attached hydrogens (tertiary/aromatic N) is 2. The summed E-state index contributed by atoms with van der Waals surface area (Å²) in [4.78, 5) is 17.8. The van der Waals surface area contributed by atoms with E-state index in [-0.39, 0.29) is 12.5 Å². The van der Waals surface area contributed by atoms with Crippen LogP contribution >= 0.6 is 0 Å². The van der Waals surface area contributed by atoms with Gasteiger partial charge in [-0.05, 0) is 18.6 Å². The van der Waals surface area contributed by atoms with Crippen LogP contribution in [0.15, 0.2) is 29.8 Å². The molecule has 0 saturated heterocycles. The molecule has 1 aromatic heterocycles. The molecule has 7 heteroatoms. The van der Waals surface area contributed by atoms with Crippen LogP contribution in [0.25, 0.3) is 0 Å². The largest absolute Gasteiger partial charge is 0.384 e. The van der Waals surface area contributed by atoms with Crippen LogP contribution in [0.5, 0.6) is 0 Å². The quantitative estimate of drug-likeness (QED) is 0.686. The standard InChI is InChI=1S/C14H21N5O2/c1-10-3-4-11(16-5-10)6-18-13(20)7-17-12-8-21-9-19(2)14(12)15/h3-5,17H,6-9,15H2,1-2H3,(H,18,20). The summed E-state index contributed by atoms with van der Waals surface area (Å²) in [5.74, 6) is 0.486. The van der Waals surface area contributed by atoms with Gasteiger partial charge >= 0.3 is 0 Å². The highest BCUT2D eigenvalue weighted by Gasteiger charge is 2.15. The number of nitrogens with one attached hydrogen (secondary N) is 2. The van der Waals surface area contributed by atoms with Gasteiger partial charge in [0, 0.05) is 13.2 Å². The Morgan fingerprint density at radius 1 is 1.52 bits per heavy atom. The van der Waals surface area contributed by atoms with Crippen molar-refractivity contribution in [2.75, 3.05) is 26.9 Å². The van der Waals surface area contributed by atoms with Gasteiger partial charge in [-0.3, -0.25) is 9.78 Å². The first-order chi connectivity index (χ1) is 10.1. The zero-order valence-corrected chi connectivity index (χ0v) is 12.3. The van der Waals surface area contributed by atoms with Crippen LogP contribution in [-0.4, -0.2) is 42.7 Å². The lowest BCUT2D eigenvalue weighted by atomic mass is 10.3. The van der Waals surface area contributed by atoms with Gasteiger partial charge in [-0.25, -0.2) is 0 Å². The predicted molar refractivity (Wildman–Crippen MR) is 78.6 cm³/mol. The van der Waals surface area contributed by atoms with Crippen LogP contribution in [-0.2, 0) is 16.1 Å². The van der Waals surface area contributed by atoms with Crippen molar-refractivity contribution in [3.05, 3.63) is 41.1 Å². The summed E-state index contributed by atoms with van der Waals surface area (Å²) >= 11 is 0. The summed E-state index contributed by atoms with van der Waals surface area (Å²) in [5.41, 5.74) is 8.56. The van der Waals surface area contributed by atoms with E-state index in [1.54, 1.807) is 11.1 Å². The van der Waals surface area contributed by atoms with Gasteiger partial charge in [-0.1, -0.05) is 6.07 Å². The summed E-state index contributed by atoms with van der Waals surface area (Å²) in [6.07, 6.45) is 1.78. The van der Waals surface area contributed by atoms with E-state index in [1.165, 1.54) is 0 Å². The third-order valence-electron chi connectivity index (χ3n) is 3.15. The number of aromatic nitrogens is 1. The fraction of sp³-hybridized carbons (Fsp3) is 0.429. The maximum atomic E-state index is 11.8. The molecule has 0 spiro atoms. The third kappa shape index (κ3) is 4.35. The van der Waals surface area contributed by atoms with Crippen LogP contribution in [0.2, 0.25) is 0 Å². The van der Waals surface area contributed by atoms with Crippen molar-refractivity contribution in [2.45, 2.75) is 13.5 Å². The minimum atomic E-state index is -0.120. The van der Waals surface area contributed by atoms with Gasteiger partial charge in [0.1, 0.15) is 12.6 Å². The van der Waals surface area contributed by atoms with Crippen molar-refractivity contribution >= 4 is 5.91 Å². The number of hydrogen-bond donors (Lipinski definition) is 3. The number of amides is 1. The Bertz CT molecular complexity index is 527. The molecule has 114 valence electrons. The molecule has 0 radical (unpaired) electrons. The fourth-order valence-electron chi connectivity index (χ4n) is 1.84. The van der Waals surface area contributed by atoms with E-state index in [2.05, 4.69) is 15.6 Å². The highest BCUT2D eigenvalue weighted by atomic mass is 16.5. The number of hydrogen-bond acceptors (Lipinski definition) is 6. The van der Waals surface area contributed by atoms with Gasteiger partial charge in [-0.15, -0.1) is 0 Å². The molecule has 4 N–H and O–H groups in total. The molecule has 1 aliphatic heterocycles. The number of carbonyl (C=O) groups excluding carboxylic acids is 1. The Morgan fingerprint density at radius 3 is 3.05 bits per heavy atom. The minimum Gasteiger partial charge on any atom is -0.384 e. The molecule has 21 heavy (non-hydrogen) atoms. The first kappa shape index (κ1) is 15.1. The van der Waals surface area contributed by atoms with Gasteiger partial charge in [0.05, 0.1) is 31.1 Å². The fourth-order valence-corrected chi connectivity index (χ4v) is 1.84. The van der Waals surface area contributed by atoms with Gasteiger partial charge in [-0.2, -0.15) is 0 Å². The molecule has 0 bridgehead atoms. The molecule has 7 nitrogen and oxygen atoms in total. The Hall–Kier alpha value is -2.28. The minimum absolute atomic E-state index is 0.120. The highest BCUT2D eigenvalue weighted by Crippen LogP contribution is 2.07. The van der Waals surface area contributed by atoms with Crippen LogP contribution in [0.3, 0.4) is 0 Å². The zero-order chi connectivity index (χ0) is 15.2. The number of pyridine rings is 1. The van der Waals surface area contributed by atoms with E-state index in [0.717, 1.165) is 17.0 Å². The van der Waals surface area contributed by atoms with Crippen molar-refractivity contribution in [2.24, 2.45) is 5.73 Å². The Balaban J connectivity index is 1.77. The molecule has 0 aromatic carbocycles. The van der Waals surface area contributed by atoms with Gasteiger partial charge in [0.25, 0.3) is 0 Å². The second kappa shape index (κ2) is 6.94. The van der Waals surface area contributed by atoms with Crippen molar-refractivity contribution in [3.8, 4) is 0 Å². The molecular formula is C14H21N5O2. The Labute approximate surface area is 124 Å². The van der Waals surface area contributed by atoms with Gasteiger partial charge in [0.2, 0.25) is 5.91 Å². The Morgan fingerprint density at radius 2 is 2.33 bits per heavy atom. The lowest BCUT2D eigenvalue weighted by Crippen LogP contribution is -2.41. The summed E-state index contributed by atoms with van der Waals surface area (Å²) in [6.45, 7) is 3.39. The van der Waals surface area contributed by atoms with Crippen LogP contribution < -0.4 is 16.4 Å². The summed E-state index contributed by atoms with van der Waals surface area (Å²) < 4.78 is 5.32. The van der Waals surface area contributed by atoms with Crippen LogP contribution in [0.1, 0.15) is 11.3 Å². The molecule has 2 heterocycles. The molecule has 0 fully saturated rings. The number of carbonyl (C=O) groups is 1. The maximum Gasteiger partial charge on any atom is 0.239 e. The molecular weight excluding hydrogens is 270 g/mol. The first-order valence-corrected chi connectivity index (χ1v) is 6.76. The molecule has 2 rings (SSSR count). The monoisotopic (exact) mass is 291 g/mol. The lowest BCUT2D eigenvalue weighted by molar-refractivity contribution is -0.120. The molecule has 0 aliphatic carbocycles. The molecule has 0 atom stereocenters. The van der Waals surface area contributed by atoms with E-state index in [4.69, 9.17) is 10.5 Å². The normalized spacial score (nSPS) is 15.0. The SMILES string of the molecule is Cc1ccc(CNC(=O)CNC2=C(N)N(C)COC2)nc1. The molecule has 1 aliphatic rings. The number of ether oxygens (including phenoxy) is 1. The smallest absolute Gasteiger partial charge is 0.239 e. The van der Waals surface area contributed by atoms with E-state index in [0.29, 0.717) is 25.7 Å². The van der Waals surface area contributed by atoms with E-state index in [9.17, 15) is 4.79 Å². The predicted octanol–water partition coefficient (Wildman–Crippen LogP) is -0.357. The van der Waals surface area contributed by atoms with Crippen molar-refractivity contribution in [1.82, 2.24) is 20.5 Å². The number of nitrogens with two attached hydrogens (primary N) is 1. The average molecular weight is 291 g/mol. The van der Waals surface area contributed by atoms with E-state index in [1.807, 2.05) is 26.1 Å². The van der Waals surface area contributed by atoms with Gasteiger partial charge < -0.3 is 26.0 Å². The second-order valence-corrected chi connectivity index (χ2v) is 5.00. The molecule has 0 saturated carbocycles. The van der Waals surface area contributed by atoms with Crippen molar-refractivity contribution < 1.29 is 9.53 Å². The maximum absolute atomic E-state index is 11.8. The average Bonchev–Trinajstić information content (AvgIpc) is 2.48. The molecule has 0 unspecified atom stereocenters. The zero-order valence-electron chi connectivity index (χ0n) is 12.3. The van der Waals surface area contributed by atoms with Crippen molar-refractivity contribution in [1.29, 1.82) is 0 Å². The first-order valence-electron chi connectivity index (χ1n) is 6.76. The number of rotatable bonds is 5. The highest BCUT2D eigenvalue weighted by molar-refractivity contribution is 5.78. The summed E-state index contributed by atoms with van der Waals surface area (Å²) in [7, 11) is 1.83. The molecule has 1 aromatic rings. The lowest BCUT2D eigenvalue weighted by Gasteiger charge is -2.28. The van der Waals surface area contributed by atoms with E-state index < -0.39 is 0 Å². The summed E-state index contributed by atoms with van der Waals surface area (Å²) in [6, 6.07) is 3.86. The van der Waals surface area contributed by atoms with Crippen molar-refractivity contribution in [3.63, 3.8) is 0 Å². The number of aryl methyl sites for hydroxylation is 1. The second-order valence-electron chi connectivity index (χ2n) is 5.00. The Kier molecular flexibility index (Phi) is 4.99. The molecule has 1 amide bonds. The van der Waals surface area contributed by atoms with Crippen LogP contribution in [0, 0.1) is 6.92 Å². The van der Waals surface area contributed by atoms with Crippen LogP contribution in [0.4, 0.5) is 0 Å².